The average molecular weight is 421 g/mol. The molecule has 1 aromatic rings. The first-order chi connectivity index (χ1) is 14.5. The van der Waals surface area contributed by atoms with Gasteiger partial charge in [0.15, 0.2) is 0 Å². The molecular formula is C22H33FN4O3. The number of para-hydroxylation sites is 1. The number of methoxy groups -OCH3 is 1. The van der Waals surface area contributed by atoms with Crippen LogP contribution in [0.3, 0.4) is 0 Å². The summed E-state index contributed by atoms with van der Waals surface area (Å²) in [5.74, 6) is -0.479. The van der Waals surface area contributed by atoms with Gasteiger partial charge in [0, 0.05) is 45.0 Å². The van der Waals surface area contributed by atoms with E-state index in [1.807, 2.05) is 6.92 Å². The highest BCUT2D eigenvalue weighted by Crippen LogP contribution is 2.32. The molecule has 1 aromatic carbocycles. The van der Waals surface area contributed by atoms with Crippen molar-refractivity contribution in [3.63, 3.8) is 0 Å². The fraction of sp³-hybridized carbons (Fsp3) is 0.636. The normalized spacial score (nSPS) is 19.9. The molecule has 1 aliphatic heterocycles. The van der Waals surface area contributed by atoms with Crippen molar-refractivity contribution in [1.29, 1.82) is 5.41 Å². The van der Waals surface area contributed by atoms with Gasteiger partial charge in [-0.1, -0.05) is 12.1 Å². The fourth-order valence-electron chi connectivity index (χ4n) is 3.81. The van der Waals surface area contributed by atoms with Crippen molar-refractivity contribution in [2.45, 2.75) is 50.8 Å². The van der Waals surface area contributed by atoms with Crippen LogP contribution in [0.15, 0.2) is 18.2 Å². The highest BCUT2D eigenvalue weighted by atomic mass is 19.1. The van der Waals surface area contributed by atoms with Gasteiger partial charge in [-0.25, -0.2) is 4.39 Å². The number of carbonyl (C=O) groups excluding carboxylic acids is 1. The average Bonchev–Trinajstić information content (AvgIpc) is 3.59. The van der Waals surface area contributed by atoms with Crippen LogP contribution in [-0.4, -0.2) is 74.7 Å². The van der Waals surface area contributed by atoms with Gasteiger partial charge in [0.25, 0.3) is 5.91 Å². The molecule has 2 atom stereocenters. The van der Waals surface area contributed by atoms with Crippen LogP contribution in [-0.2, 0) is 14.3 Å². The minimum absolute atomic E-state index is 0.0903. The molecule has 30 heavy (non-hydrogen) atoms. The topological polar surface area (TPSA) is 86.7 Å². The Morgan fingerprint density at radius 3 is 2.90 bits per heavy atom. The lowest BCUT2D eigenvalue weighted by Crippen LogP contribution is -2.54. The van der Waals surface area contributed by atoms with Crippen LogP contribution in [0.2, 0.25) is 0 Å². The maximum atomic E-state index is 14.6. The van der Waals surface area contributed by atoms with E-state index in [4.69, 9.17) is 14.9 Å². The van der Waals surface area contributed by atoms with E-state index in [-0.39, 0.29) is 23.5 Å². The SMILES string of the molecule is COCCCCNc1c(F)cccc1C(=N)[C@@H](C)N(C(=O)[C@H]1CNCCO1)C1CC1. The zero-order valence-electron chi connectivity index (χ0n) is 17.9. The third-order valence-corrected chi connectivity index (χ3v) is 5.61. The molecule has 7 nitrogen and oxygen atoms in total. The van der Waals surface area contributed by atoms with E-state index in [1.165, 1.54) is 6.07 Å². The smallest absolute Gasteiger partial charge is 0.253 e. The van der Waals surface area contributed by atoms with Crippen LogP contribution in [0.1, 0.15) is 38.2 Å². The van der Waals surface area contributed by atoms with E-state index < -0.39 is 12.1 Å². The number of nitrogens with one attached hydrogen (secondary N) is 3. The van der Waals surface area contributed by atoms with Crippen molar-refractivity contribution in [3.05, 3.63) is 29.6 Å². The van der Waals surface area contributed by atoms with E-state index >= 15 is 0 Å². The zero-order chi connectivity index (χ0) is 21.5. The Morgan fingerprint density at radius 2 is 2.23 bits per heavy atom. The summed E-state index contributed by atoms with van der Waals surface area (Å²) in [7, 11) is 1.66. The summed E-state index contributed by atoms with van der Waals surface area (Å²) in [6, 6.07) is 4.40. The van der Waals surface area contributed by atoms with Crippen molar-refractivity contribution in [2.24, 2.45) is 0 Å². The van der Waals surface area contributed by atoms with Crippen molar-refractivity contribution in [2.75, 3.05) is 45.3 Å². The molecule has 3 rings (SSSR count). The lowest BCUT2D eigenvalue weighted by Gasteiger charge is -2.34. The highest BCUT2D eigenvalue weighted by molar-refractivity contribution is 6.07. The lowest BCUT2D eigenvalue weighted by molar-refractivity contribution is -0.146. The van der Waals surface area contributed by atoms with Gasteiger partial charge in [-0.05, 0) is 38.7 Å². The summed E-state index contributed by atoms with van der Waals surface area (Å²) in [6.45, 7) is 4.82. The number of nitrogens with zero attached hydrogens (tertiary/aromatic N) is 1. The van der Waals surface area contributed by atoms with Crippen LogP contribution >= 0.6 is 0 Å². The van der Waals surface area contributed by atoms with Gasteiger partial charge in [0.2, 0.25) is 0 Å². The number of carbonyl (C=O) groups is 1. The highest BCUT2D eigenvalue weighted by Gasteiger charge is 2.41. The molecule has 0 bridgehead atoms. The predicted molar refractivity (Wildman–Crippen MR) is 115 cm³/mol. The van der Waals surface area contributed by atoms with Crippen molar-refractivity contribution in [3.8, 4) is 0 Å². The van der Waals surface area contributed by atoms with Crippen molar-refractivity contribution < 1.29 is 18.7 Å². The van der Waals surface area contributed by atoms with E-state index in [0.29, 0.717) is 37.6 Å². The number of ether oxygens (including phenoxy) is 2. The van der Waals surface area contributed by atoms with Crippen LogP contribution in [0, 0.1) is 11.2 Å². The second kappa shape index (κ2) is 10.8. The molecule has 1 heterocycles. The van der Waals surface area contributed by atoms with Gasteiger partial charge in [-0.3, -0.25) is 4.79 Å². The molecule has 2 fully saturated rings. The molecule has 3 N–H and O–H groups in total. The second-order valence-corrected chi connectivity index (χ2v) is 7.92. The first-order valence-corrected chi connectivity index (χ1v) is 10.8. The van der Waals surface area contributed by atoms with Crippen molar-refractivity contribution >= 4 is 17.3 Å². The summed E-state index contributed by atoms with van der Waals surface area (Å²) >= 11 is 0. The van der Waals surface area contributed by atoms with Gasteiger partial charge in [0.1, 0.15) is 11.9 Å². The maximum Gasteiger partial charge on any atom is 0.253 e. The second-order valence-electron chi connectivity index (χ2n) is 7.92. The molecule has 1 aliphatic carbocycles. The first-order valence-electron chi connectivity index (χ1n) is 10.8. The summed E-state index contributed by atoms with van der Waals surface area (Å²) < 4.78 is 25.3. The number of rotatable bonds is 11. The molecule has 1 saturated heterocycles. The standard InChI is InChI=1S/C22H33FN4O3/c1-15(27(16-8-9-16)22(28)19-14-25-11-13-30-19)20(24)17-6-5-7-18(23)21(17)26-10-3-4-12-29-2/h5-7,15-16,19,24-26H,3-4,8-14H2,1-2H3/t15-,19-/m1/s1. The fourth-order valence-corrected chi connectivity index (χ4v) is 3.81. The van der Waals surface area contributed by atoms with E-state index in [2.05, 4.69) is 10.6 Å². The monoisotopic (exact) mass is 420 g/mol. The largest absolute Gasteiger partial charge is 0.385 e. The molecule has 1 amide bonds. The van der Waals surface area contributed by atoms with E-state index in [1.54, 1.807) is 24.1 Å². The molecule has 2 aliphatic rings. The number of anilines is 1. The molecule has 8 heteroatoms. The van der Waals surface area contributed by atoms with Crippen LogP contribution in [0.5, 0.6) is 0 Å². The minimum atomic E-state index is -0.527. The van der Waals surface area contributed by atoms with Crippen LogP contribution < -0.4 is 10.6 Å². The predicted octanol–water partition coefficient (Wildman–Crippen LogP) is 2.40. The Morgan fingerprint density at radius 1 is 1.43 bits per heavy atom. The summed E-state index contributed by atoms with van der Waals surface area (Å²) in [5.41, 5.74) is 1.05. The molecular weight excluding hydrogens is 387 g/mol. The van der Waals surface area contributed by atoms with Gasteiger partial charge in [-0.15, -0.1) is 0 Å². The van der Waals surface area contributed by atoms with Gasteiger partial charge in [-0.2, -0.15) is 0 Å². The van der Waals surface area contributed by atoms with Crippen molar-refractivity contribution in [1.82, 2.24) is 10.2 Å². The third-order valence-electron chi connectivity index (χ3n) is 5.61. The van der Waals surface area contributed by atoms with Gasteiger partial charge >= 0.3 is 0 Å². The van der Waals surface area contributed by atoms with Gasteiger partial charge in [0.05, 0.1) is 24.0 Å². The Labute approximate surface area is 177 Å². The number of amides is 1. The number of benzene rings is 1. The Hall–Kier alpha value is -2.03. The number of hydrogen-bond acceptors (Lipinski definition) is 6. The quantitative estimate of drug-likeness (QED) is 0.378. The zero-order valence-corrected chi connectivity index (χ0v) is 17.9. The molecule has 0 radical (unpaired) electrons. The van der Waals surface area contributed by atoms with Crippen LogP contribution in [0.4, 0.5) is 10.1 Å². The number of unbranched alkanes of at least 4 members (excludes halogenated alkanes) is 1. The number of hydrogen-bond donors (Lipinski definition) is 3. The molecule has 0 spiro atoms. The lowest BCUT2D eigenvalue weighted by atomic mass is 9.99. The first kappa shape index (κ1) is 22.7. The minimum Gasteiger partial charge on any atom is -0.385 e. The number of halogens is 1. The Kier molecular flexibility index (Phi) is 8.18. The van der Waals surface area contributed by atoms with E-state index in [9.17, 15) is 9.18 Å². The summed E-state index contributed by atoms with van der Waals surface area (Å²) in [5, 5.41) is 15.1. The molecule has 166 valence electrons. The summed E-state index contributed by atoms with van der Waals surface area (Å²) in [4.78, 5) is 14.9. The molecule has 1 saturated carbocycles. The molecule has 0 unspecified atom stereocenters. The number of morpholine rings is 1. The maximum absolute atomic E-state index is 14.6. The van der Waals surface area contributed by atoms with Crippen LogP contribution in [0.25, 0.3) is 0 Å². The Balaban J connectivity index is 1.73. The molecule has 0 aromatic heterocycles. The van der Waals surface area contributed by atoms with Gasteiger partial charge < -0.3 is 30.4 Å². The summed E-state index contributed by atoms with van der Waals surface area (Å²) in [6.07, 6.45) is 3.04. The van der Waals surface area contributed by atoms with E-state index in [0.717, 1.165) is 32.2 Å². The Bertz CT molecular complexity index is 735. The third kappa shape index (κ3) is 5.56.